The van der Waals surface area contributed by atoms with E-state index in [1.165, 1.54) is 0 Å². The first kappa shape index (κ1) is 17.4. The van der Waals surface area contributed by atoms with Gasteiger partial charge in [0.1, 0.15) is 23.0 Å². The first-order valence-corrected chi connectivity index (χ1v) is 8.65. The highest BCUT2D eigenvalue weighted by molar-refractivity contribution is 5.76. The second-order valence-electron chi connectivity index (χ2n) is 6.48. The number of amides is 1. The van der Waals surface area contributed by atoms with Crippen molar-refractivity contribution in [1.82, 2.24) is 4.90 Å². The average Bonchev–Trinajstić information content (AvgIpc) is 3.28. The summed E-state index contributed by atoms with van der Waals surface area (Å²) in [4.78, 5) is 14.4. The number of hydrogen-bond acceptors (Lipinski definition) is 4. The monoisotopic (exact) mass is 343 g/mol. The van der Waals surface area contributed by atoms with Crippen molar-refractivity contribution in [3.63, 3.8) is 0 Å². The highest BCUT2D eigenvalue weighted by atomic mass is 16.5. The normalized spacial score (nSPS) is 16.9. The second kappa shape index (κ2) is 7.64. The summed E-state index contributed by atoms with van der Waals surface area (Å²) in [5.41, 5.74) is 1.16. The molecule has 25 heavy (non-hydrogen) atoms. The minimum Gasteiger partial charge on any atom is -0.497 e. The molecule has 1 aliphatic heterocycles. The Labute approximate surface area is 148 Å². The molecule has 5 nitrogen and oxygen atoms in total. The van der Waals surface area contributed by atoms with E-state index in [9.17, 15) is 4.79 Å². The zero-order valence-corrected chi connectivity index (χ0v) is 15.1. The molecular formula is C20H25NO4. The molecule has 0 N–H and O–H groups in total. The number of nitrogens with zero attached hydrogens (tertiary/aromatic N) is 1. The Balaban J connectivity index is 1.60. The van der Waals surface area contributed by atoms with Crippen LogP contribution < -0.4 is 9.47 Å². The van der Waals surface area contributed by atoms with Crippen LogP contribution in [0, 0.1) is 6.92 Å². The summed E-state index contributed by atoms with van der Waals surface area (Å²) >= 11 is 0. The van der Waals surface area contributed by atoms with Crippen LogP contribution in [0.25, 0.3) is 0 Å². The maximum absolute atomic E-state index is 12.5. The Kier molecular flexibility index (Phi) is 5.31. The lowest BCUT2D eigenvalue weighted by Crippen LogP contribution is -2.28. The van der Waals surface area contributed by atoms with Gasteiger partial charge in [-0.3, -0.25) is 4.79 Å². The topological polar surface area (TPSA) is 51.9 Å². The van der Waals surface area contributed by atoms with E-state index in [4.69, 9.17) is 13.9 Å². The average molecular weight is 343 g/mol. The molecule has 3 rings (SSSR count). The second-order valence-corrected chi connectivity index (χ2v) is 6.48. The maximum Gasteiger partial charge on any atom is 0.223 e. The van der Waals surface area contributed by atoms with Gasteiger partial charge in [0, 0.05) is 37.9 Å². The first-order chi connectivity index (χ1) is 12.1. The van der Waals surface area contributed by atoms with E-state index in [2.05, 4.69) is 0 Å². The maximum atomic E-state index is 12.5. The summed E-state index contributed by atoms with van der Waals surface area (Å²) < 4.78 is 16.2. The van der Waals surface area contributed by atoms with Gasteiger partial charge in [-0.25, -0.2) is 0 Å². The fourth-order valence-corrected chi connectivity index (χ4v) is 3.33. The molecular weight excluding hydrogens is 318 g/mol. The van der Waals surface area contributed by atoms with Crippen molar-refractivity contribution < 1.29 is 18.7 Å². The summed E-state index contributed by atoms with van der Waals surface area (Å²) in [5.74, 6) is 3.83. The van der Waals surface area contributed by atoms with Crippen molar-refractivity contribution in [2.45, 2.75) is 32.1 Å². The number of likely N-dealkylation sites (tertiary alicyclic amines) is 1. The highest BCUT2D eigenvalue weighted by Crippen LogP contribution is 2.33. The Bertz CT molecular complexity index is 715. The standard InChI is InChI=1S/C20H25NO4/c1-14-4-5-17(25-14)6-7-20(22)21-9-8-15(13-21)16-10-18(23-2)12-19(11-16)24-3/h4-5,10-12,15H,6-9,13H2,1-3H3/t15-/m0/s1. The van der Waals surface area contributed by atoms with E-state index in [0.29, 0.717) is 18.8 Å². The van der Waals surface area contributed by atoms with Gasteiger partial charge in [-0.05, 0) is 43.2 Å². The molecule has 2 aromatic rings. The fourth-order valence-electron chi connectivity index (χ4n) is 3.33. The molecule has 2 heterocycles. The Morgan fingerprint density at radius 2 is 1.92 bits per heavy atom. The fraction of sp³-hybridized carbons (Fsp3) is 0.450. The number of rotatable bonds is 6. The van der Waals surface area contributed by atoms with Crippen LogP contribution in [0.5, 0.6) is 11.5 Å². The Hall–Kier alpha value is -2.43. The summed E-state index contributed by atoms with van der Waals surface area (Å²) in [6.07, 6.45) is 2.10. The van der Waals surface area contributed by atoms with Gasteiger partial charge < -0.3 is 18.8 Å². The lowest BCUT2D eigenvalue weighted by atomic mass is 9.98. The zero-order chi connectivity index (χ0) is 17.8. The molecule has 0 saturated carbocycles. The summed E-state index contributed by atoms with van der Waals surface area (Å²) in [6.45, 7) is 3.45. The van der Waals surface area contributed by atoms with Gasteiger partial charge >= 0.3 is 0 Å². The summed E-state index contributed by atoms with van der Waals surface area (Å²) in [6, 6.07) is 9.81. The summed E-state index contributed by atoms with van der Waals surface area (Å²) in [7, 11) is 3.30. The minimum absolute atomic E-state index is 0.186. The molecule has 0 radical (unpaired) electrons. The van der Waals surface area contributed by atoms with Gasteiger partial charge in [0.25, 0.3) is 0 Å². The molecule has 0 spiro atoms. The predicted octanol–water partition coefficient (Wildman–Crippen LogP) is 3.55. The van der Waals surface area contributed by atoms with Gasteiger partial charge in [-0.2, -0.15) is 0 Å². The number of ether oxygens (including phenoxy) is 2. The van der Waals surface area contributed by atoms with Crippen molar-refractivity contribution in [2.24, 2.45) is 0 Å². The molecule has 134 valence electrons. The molecule has 1 atom stereocenters. The molecule has 1 aromatic heterocycles. The van der Waals surface area contributed by atoms with Gasteiger partial charge in [0.2, 0.25) is 5.91 Å². The van der Waals surface area contributed by atoms with E-state index in [1.807, 2.05) is 42.2 Å². The zero-order valence-electron chi connectivity index (χ0n) is 15.1. The van der Waals surface area contributed by atoms with E-state index in [-0.39, 0.29) is 5.91 Å². The summed E-state index contributed by atoms with van der Waals surface area (Å²) in [5, 5.41) is 0. The van der Waals surface area contributed by atoms with Crippen molar-refractivity contribution in [3.8, 4) is 11.5 Å². The number of carbonyl (C=O) groups excluding carboxylic acids is 1. The van der Waals surface area contributed by atoms with E-state index in [1.54, 1.807) is 14.2 Å². The van der Waals surface area contributed by atoms with Crippen LogP contribution >= 0.6 is 0 Å². The van der Waals surface area contributed by atoms with Crippen LogP contribution in [0.4, 0.5) is 0 Å². The number of benzene rings is 1. The third-order valence-corrected chi connectivity index (χ3v) is 4.77. The third-order valence-electron chi connectivity index (χ3n) is 4.77. The lowest BCUT2D eigenvalue weighted by molar-refractivity contribution is -0.130. The van der Waals surface area contributed by atoms with Crippen molar-refractivity contribution in [3.05, 3.63) is 47.4 Å². The quantitative estimate of drug-likeness (QED) is 0.805. The molecule has 1 saturated heterocycles. The van der Waals surface area contributed by atoms with Crippen LogP contribution in [0.1, 0.15) is 35.8 Å². The van der Waals surface area contributed by atoms with Gasteiger partial charge in [0.05, 0.1) is 14.2 Å². The van der Waals surface area contributed by atoms with Gasteiger partial charge in [0.15, 0.2) is 0 Å². The van der Waals surface area contributed by atoms with Crippen molar-refractivity contribution in [1.29, 1.82) is 0 Å². The lowest BCUT2D eigenvalue weighted by Gasteiger charge is -2.17. The predicted molar refractivity (Wildman–Crippen MR) is 95.3 cm³/mol. The SMILES string of the molecule is COc1cc(OC)cc([C@H]2CCN(C(=O)CCc3ccc(C)o3)C2)c1. The van der Waals surface area contributed by atoms with E-state index >= 15 is 0 Å². The largest absolute Gasteiger partial charge is 0.497 e. The van der Waals surface area contributed by atoms with E-state index < -0.39 is 0 Å². The molecule has 1 fully saturated rings. The van der Waals surface area contributed by atoms with Crippen molar-refractivity contribution >= 4 is 5.91 Å². The smallest absolute Gasteiger partial charge is 0.223 e. The molecule has 1 amide bonds. The number of furan rings is 1. The van der Waals surface area contributed by atoms with Crippen LogP contribution in [0.15, 0.2) is 34.7 Å². The third kappa shape index (κ3) is 4.16. The molecule has 0 bridgehead atoms. The minimum atomic E-state index is 0.186. The van der Waals surface area contributed by atoms with Crippen LogP contribution in [-0.4, -0.2) is 38.1 Å². The number of hydrogen-bond donors (Lipinski definition) is 0. The number of carbonyl (C=O) groups is 1. The Morgan fingerprint density at radius 3 is 2.52 bits per heavy atom. The molecule has 5 heteroatoms. The van der Waals surface area contributed by atoms with Crippen molar-refractivity contribution in [2.75, 3.05) is 27.3 Å². The van der Waals surface area contributed by atoms with Gasteiger partial charge in [-0.1, -0.05) is 0 Å². The van der Waals surface area contributed by atoms with Gasteiger partial charge in [-0.15, -0.1) is 0 Å². The molecule has 1 aliphatic rings. The van der Waals surface area contributed by atoms with Crippen LogP contribution in [0.2, 0.25) is 0 Å². The van der Waals surface area contributed by atoms with E-state index in [0.717, 1.165) is 48.1 Å². The van der Waals surface area contributed by atoms with Crippen LogP contribution in [-0.2, 0) is 11.2 Å². The molecule has 0 unspecified atom stereocenters. The first-order valence-electron chi connectivity index (χ1n) is 8.65. The highest BCUT2D eigenvalue weighted by Gasteiger charge is 2.27. The van der Waals surface area contributed by atoms with Crippen LogP contribution in [0.3, 0.4) is 0 Å². The number of methoxy groups -OCH3 is 2. The molecule has 1 aromatic carbocycles. The molecule has 0 aliphatic carbocycles. The Morgan fingerprint density at radius 1 is 1.20 bits per heavy atom. The number of aryl methyl sites for hydroxylation is 2.